The molecule has 0 N–H and O–H groups in total. The van der Waals surface area contributed by atoms with Crippen molar-refractivity contribution < 1.29 is 0 Å². The van der Waals surface area contributed by atoms with Gasteiger partial charge in [0, 0.05) is 41.3 Å². The lowest BCUT2D eigenvalue weighted by Gasteiger charge is -2.10. The third kappa shape index (κ3) is 4.32. The van der Waals surface area contributed by atoms with Gasteiger partial charge in [0.2, 0.25) is 0 Å². The van der Waals surface area contributed by atoms with Crippen LogP contribution in [0.25, 0.3) is 65.2 Å². The molecule has 2 aromatic heterocycles. The second-order valence-corrected chi connectivity index (χ2v) is 11.2. The molecule has 5 aromatic carbocycles. The van der Waals surface area contributed by atoms with E-state index in [1.807, 2.05) is 41.7 Å². The second kappa shape index (κ2) is 9.64. The topological polar surface area (TPSA) is 25.8 Å². The first-order chi connectivity index (χ1) is 18.7. The van der Waals surface area contributed by atoms with Crippen LogP contribution in [0.3, 0.4) is 0 Å². The Morgan fingerprint density at radius 2 is 1.03 bits per heavy atom. The van der Waals surface area contributed by atoms with Crippen molar-refractivity contribution in [3.8, 4) is 45.0 Å². The molecule has 0 fully saturated rings. The Hall–Kier alpha value is -4.12. The van der Waals surface area contributed by atoms with Gasteiger partial charge in [0.1, 0.15) is 0 Å². The van der Waals surface area contributed by atoms with Crippen LogP contribution in [0.5, 0.6) is 0 Å². The zero-order valence-electron chi connectivity index (χ0n) is 20.3. The maximum atomic E-state index is 4.97. The number of hydrogen-bond acceptors (Lipinski definition) is 3. The Morgan fingerprint density at radius 1 is 0.447 bits per heavy atom. The fourth-order valence-electron chi connectivity index (χ4n) is 4.82. The summed E-state index contributed by atoms with van der Waals surface area (Å²) in [7, 11) is 0. The Balaban J connectivity index is 1.30. The van der Waals surface area contributed by atoms with E-state index in [1.165, 1.54) is 31.3 Å². The van der Waals surface area contributed by atoms with Gasteiger partial charge in [-0.15, -0.1) is 11.3 Å². The van der Waals surface area contributed by atoms with Crippen molar-refractivity contribution in [2.24, 2.45) is 0 Å². The number of thiophene rings is 1. The zero-order valence-corrected chi connectivity index (χ0v) is 22.7. The van der Waals surface area contributed by atoms with Crippen LogP contribution in [0.1, 0.15) is 0 Å². The van der Waals surface area contributed by atoms with E-state index in [1.54, 1.807) is 0 Å². The lowest BCUT2D eigenvalue weighted by molar-refractivity contribution is 1.18. The quantitative estimate of drug-likeness (QED) is 0.211. The maximum absolute atomic E-state index is 4.97. The van der Waals surface area contributed by atoms with Gasteiger partial charge in [0.05, 0.1) is 11.4 Å². The van der Waals surface area contributed by atoms with E-state index in [9.17, 15) is 0 Å². The SMILES string of the molecule is Brc1ccc(-c2cc(-c3ccc(-c4ccc5sc6ccccc6c5c4)cc3)nc(-c3ccccc3)n2)cc1. The molecule has 0 spiro atoms. The summed E-state index contributed by atoms with van der Waals surface area (Å²) in [4.78, 5) is 9.89. The van der Waals surface area contributed by atoms with E-state index in [-0.39, 0.29) is 0 Å². The van der Waals surface area contributed by atoms with Crippen molar-refractivity contribution in [2.45, 2.75) is 0 Å². The van der Waals surface area contributed by atoms with Gasteiger partial charge in [-0.25, -0.2) is 9.97 Å². The Labute approximate surface area is 233 Å². The van der Waals surface area contributed by atoms with Crippen LogP contribution >= 0.6 is 27.3 Å². The monoisotopic (exact) mass is 568 g/mol. The van der Waals surface area contributed by atoms with Gasteiger partial charge in [0.25, 0.3) is 0 Å². The van der Waals surface area contributed by atoms with Crippen molar-refractivity contribution in [3.63, 3.8) is 0 Å². The highest BCUT2D eigenvalue weighted by atomic mass is 79.9. The van der Waals surface area contributed by atoms with Gasteiger partial charge in [-0.05, 0) is 47.5 Å². The van der Waals surface area contributed by atoms with Gasteiger partial charge in [-0.3, -0.25) is 0 Å². The zero-order chi connectivity index (χ0) is 25.5. The fourth-order valence-corrected chi connectivity index (χ4v) is 6.17. The number of fused-ring (bicyclic) bond motifs is 3. The first-order valence-electron chi connectivity index (χ1n) is 12.4. The molecule has 0 aliphatic carbocycles. The minimum Gasteiger partial charge on any atom is -0.228 e. The third-order valence-corrected chi connectivity index (χ3v) is 8.47. The molecule has 2 nitrogen and oxygen atoms in total. The summed E-state index contributed by atoms with van der Waals surface area (Å²) in [6.45, 7) is 0. The molecule has 2 heterocycles. The van der Waals surface area contributed by atoms with Gasteiger partial charge < -0.3 is 0 Å². The Kier molecular flexibility index (Phi) is 5.84. The lowest BCUT2D eigenvalue weighted by atomic mass is 10.00. The third-order valence-electron chi connectivity index (χ3n) is 6.79. The highest BCUT2D eigenvalue weighted by Crippen LogP contribution is 2.37. The predicted octanol–water partition coefficient (Wildman–Crippen LogP) is 10.3. The summed E-state index contributed by atoms with van der Waals surface area (Å²) in [5, 5.41) is 2.63. The van der Waals surface area contributed by atoms with Crippen LogP contribution in [0.2, 0.25) is 0 Å². The van der Waals surface area contributed by atoms with Crippen molar-refractivity contribution in [1.82, 2.24) is 9.97 Å². The molecule has 0 amide bonds. The van der Waals surface area contributed by atoms with E-state index in [2.05, 4.69) is 113 Å². The summed E-state index contributed by atoms with van der Waals surface area (Å²) in [5.41, 5.74) is 7.34. The maximum Gasteiger partial charge on any atom is 0.160 e. The van der Waals surface area contributed by atoms with Gasteiger partial charge in [-0.1, -0.05) is 107 Å². The summed E-state index contributed by atoms with van der Waals surface area (Å²) >= 11 is 5.38. The number of aromatic nitrogens is 2. The minimum atomic E-state index is 0.722. The molecule has 7 rings (SSSR count). The van der Waals surface area contributed by atoms with E-state index in [0.29, 0.717) is 0 Å². The number of nitrogens with zero attached hydrogens (tertiary/aromatic N) is 2. The minimum absolute atomic E-state index is 0.722. The van der Waals surface area contributed by atoms with Gasteiger partial charge in [-0.2, -0.15) is 0 Å². The van der Waals surface area contributed by atoms with Crippen molar-refractivity contribution in [1.29, 1.82) is 0 Å². The Morgan fingerprint density at radius 3 is 1.76 bits per heavy atom. The molecule has 0 radical (unpaired) electrons. The molecule has 4 heteroatoms. The van der Waals surface area contributed by atoms with Crippen LogP contribution in [-0.4, -0.2) is 9.97 Å². The normalized spacial score (nSPS) is 11.3. The molecule has 0 aliphatic rings. The lowest BCUT2D eigenvalue weighted by Crippen LogP contribution is -1.95. The molecule has 0 unspecified atom stereocenters. The first kappa shape index (κ1) is 23.0. The molecular formula is C34H21BrN2S. The summed E-state index contributed by atoms with van der Waals surface area (Å²) in [5.74, 6) is 0.722. The summed E-state index contributed by atoms with van der Waals surface area (Å²) in [6, 6.07) is 44.6. The number of benzene rings is 5. The smallest absolute Gasteiger partial charge is 0.160 e. The molecule has 0 bridgehead atoms. The molecule has 180 valence electrons. The highest BCUT2D eigenvalue weighted by Gasteiger charge is 2.12. The molecule has 0 saturated carbocycles. The van der Waals surface area contributed by atoms with E-state index in [4.69, 9.17) is 9.97 Å². The largest absolute Gasteiger partial charge is 0.228 e. The van der Waals surface area contributed by atoms with E-state index < -0.39 is 0 Å². The number of halogens is 1. The Bertz CT molecular complexity index is 1910. The molecule has 0 atom stereocenters. The van der Waals surface area contributed by atoms with Crippen molar-refractivity contribution >= 4 is 47.4 Å². The average Bonchev–Trinajstić information content (AvgIpc) is 3.36. The van der Waals surface area contributed by atoms with Crippen molar-refractivity contribution in [3.05, 3.63) is 132 Å². The fraction of sp³-hybridized carbons (Fsp3) is 0. The number of hydrogen-bond donors (Lipinski definition) is 0. The number of rotatable bonds is 4. The van der Waals surface area contributed by atoms with Gasteiger partial charge >= 0.3 is 0 Å². The highest BCUT2D eigenvalue weighted by molar-refractivity contribution is 9.10. The average molecular weight is 570 g/mol. The van der Waals surface area contributed by atoms with Crippen LogP contribution in [0, 0.1) is 0 Å². The van der Waals surface area contributed by atoms with Crippen LogP contribution in [0.15, 0.2) is 132 Å². The second-order valence-electron chi connectivity index (χ2n) is 9.22. The molecule has 0 aliphatic heterocycles. The van der Waals surface area contributed by atoms with Crippen molar-refractivity contribution in [2.75, 3.05) is 0 Å². The molecule has 7 aromatic rings. The standard InChI is InChI=1S/C34H21BrN2S/c35-27-17-14-24(15-18-27)31-21-30(36-34(37-31)25-6-2-1-3-7-25)23-12-10-22(11-13-23)26-16-19-33-29(20-26)28-8-4-5-9-32(28)38-33/h1-21H. The van der Waals surface area contributed by atoms with E-state index in [0.717, 1.165) is 38.4 Å². The first-order valence-corrected chi connectivity index (χ1v) is 14.0. The van der Waals surface area contributed by atoms with Crippen LogP contribution < -0.4 is 0 Å². The summed E-state index contributed by atoms with van der Waals surface area (Å²) in [6.07, 6.45) is 0. The predicted molar refractivity (Wildman–Crippen MR) is 164 cm³/mol. The van der Waals surface area contributed by atoms with Gasteiger partial charge in [0.15, 0.2) is 5.82 Å². The summed E-state index contributed by atoms with van der Waals surface area (Å²) < 4.78 is 3.69. The molecule has 0 saturated heterocycles. The van der Waals surface area contributed by atoms with Crippen LogP contribution in [-0.2, 0) is 0 Å². The molecule has 38 heavy (non-hydrogen) atoms. The molecular weight excluding hydrogens is 548 g/mol. The van der Waals surface area contributed by atoms with Crippen LogP contribution in [0.4, 0.5) is 0 Å². The van der Waals surface area contributed by atoms with E-state index >= 15 is 0 Å².